The van der Waals surface area contributed by atoms with Crippen molar-refractivity contribution in [1.29, 1.82) is 0 Å². The third-order valence-electron chi connectivity index (χ3n) is 1.81. The van der Waals surface area contributed by atoms with Crippen LogP contribution in [0, 0.1) is 5.92 Å². The maximum Gasteiger partial charge on any atom is 0.0760 e. The second kappa shape index (κ2) is 4.67. The Morgan fingerprint density at radius 2 is 2.46 bits per heavy atom. The number of hydrogen-bond acceptors (Lipinski definition) is 4. The summed E-state index contributed by atoms with van der Waals surface area (Å²) in [6.45, 7) is 2.83. The first-order valence-electron chi connectivity index (χ1n) is 4.28. The molecule has 0 aliphatic carbocycles. The normalized spacial score (nSPS) is 12.5. The van der Waals surface area contributed by atoms with Crippen LogP contribution in [-0.4, -0.2) is 23.2 Å². The van der Waals surface area contributed by atoms with Crippen molar-refractivity contribution in [2.45, 2.75) is 6.92 Å². The van der Waals surface area contributed by atoms with E-state index >= 15 is 0 Å². The molecule has 0 bridgehead atoms. The summed E-state index contributed by atoms with van der Waals surface area (Å²) in [6, 6.07) is 1.74. The molecule has 0 spiro atoms. The van der Waals surface area contributed by atoms with Gasteiger partial charge in [-0.1, -0.05) is 6.92 Å². The summed E-state index contributed by atoms with van der Waals surface area (Å²) in [5.41, 5.74) is 7.19. The predicted molar refractivity (Wildman–Crippen MR) is 53.4 cm³/mol. The zero-order valence-corrected chi connectivity index (χ0v) is 7.70. The fourth-order valence-electron chi connectivity index (χ4n) is 0.902. The Labute approximate surface area is 77.8 Å². The minimum atomic E-state index is 0.174. The highest BCUT2D eigenvalue weighted by molar-refractivity contribution is 5.63. The number of aromatic nitrogens is 1. The van der Waals surface area contributed by atoms with Crippen LogP contribution in [-0.2, 0) is 0 Å². The molecule has 13 heavy (non-hydrogen) atoms. The number of rotatable bonds is 4. The summed E-state index contributed by atoms with van der Waals surface area (Å²) in [6.07, 6.45) is 3.33. The molecule has 0 fully saturated rings. The zero-order valence-electron chi connectivity index (χ0n) is 7.70. The Morgan fingerprint density at radius 1 is 1.69 bits per heavy atom. The van der Waals surface area contributed by atoms with Gasteiger partial charge >= 0.3 is 0 Å². The van der Waals surface area contributed by atoms with E-state index in [1.54, 1.807) is 18.5 Å². The Hall–Kier alpha value is -1.29. The van der Waals surface area contributed by atoms with E-state index in [-0.39, 0.29) is 12.5 Å². The molecule has 72 valence electrons. The number of pyridine rings is 1. The Balaban J connectivity index is 2.50. The van der Waals surface area contributed by atoms with Crippen molar-refractivity contribution in [3.8, 4) is 0 Å². The minimum absolute atomic E-state index is 0.174. The number of nitrogen functional groups attached to an aromatic ring is 1. The van der Waals surface area contributed by atoms with E-state index in [4.69, 9.17) is 10.8 Å². The Bertz CT molecular complexity index is 265. The van der Waals surface area contributed by atoms with Crippen molar-refractivity contribution in [2.75, 3.05) is 24.2 Å². The van der Waals surface area contributed by atoms with Crippen molar-refractivity contribution in [3.63, 3.8) is 0 Å². The number of aliphatic hydroxyl groups is 1. The predicted octanol–water partition coefficient (Wildman–Crippen LogP) is 0.704. The summed E-state index contributed by atoms with van der Waals surface area (Å²) >= 11 is 0. The Morgan fingerprint density at radius 3 is 3.08 bits per heavy atom. The second-order valence-corrected chi connectivity index (χ2v) is 3.13. The molecule has 0 aliphatic rings. The number of aliphatic hydroxyl groups excluding tert-OH is 1. The van der Waals surface area contributed by atoms with Gasteiger partial charge in [0.2, 0.25) is 0 Å². The minimum Gasteiger partial charge on any atom is -0.397 e. The van der Waals surface area contributed by atoms with Crippen LogP contribution in [0.5, 0.6) is 0 Å². The van der Waals surface area contributed by atoms with Gasteiger partial charge in [0.05, 0.1) is 17.6 Å². The standard InChI is InChI=1S/C9H15N3O/c1-7(6-13)4-12-9-5-11-3-2-8(9)10/h2-3,5,7,12-13H,4,6H2,1H3,(H2,10,11). The molecule has 1 atom stereocenters. The number of hydrogen-bond donors (Lipinski definition) is 3. The average Bonchev–Trinajstić information content (AvgIpc) is 2.16. The third-order valence-corrected chi connectivity index (χ3v) is 1.81. The number of nitrogens with zero attached hydrogens (tertiary/aromatic N) is 1. The zero-order chi connectivity index (χ0) is 9.68. The highest BCUT2D eigenvalue weighted by atomic mass is 16.3. The van der Waals surface area contributed by atoms with Crippen LogP contribution < -0.4 is 11.1 Å². The fourth-order valence-corrected chi connectivity index (χ4v) is 0.902. The van der Waals surface area contributed by atoms with Gasteiger partial charge in [0.15, 0.2) is 0 Å². The van der Waals surface area contributed by atoms with E-state index in [2.05, 4.69) is 10.3 Å². The third kappa shape index (κ3) is 2.91. The molecule has 1 rings (SSSR count). The van der Waals surface area contributed by atoms with Crippen molar-refractivity contribution in [1.82, 2.24) is 4.98 Å². The number of nitrogens with two attached hydrogens (primary N) is 1. The van der Waals surface area contributed by atoms with Crippen molar-refractivity contribution < 1.29 is 5.11 Å². The highest BCUT2D eigenvalue weighted by Crippen LogP contribution is 2.15. The maximum atomic E-state index is 8.80. The lowest BCUT2D eigenvalue weighted by molar-refractivity contribution is 0.244. The van der Waals surface area contributed by atoms with Crippen molar-refractivity contribution in [3.05, 3.63) is 18.5 Å². The SMILES string of the molecule is CC(CO)CNc1cnccc1N. The first-order chi connectivity index (χ1) is 6.24. The number of nitrogens with one attached hydrogen (secondary N) is 1. The summed E-state index contributed by atoms with van der Waals surface area (Å²) in [4.78, 5) is 3.94. The number of anilines is 2. The van der Waals surface area contributed by atoms with E-state index in [1.165, 1.54) is 0 Å². The van der Waals surface area contributed by atoms with Crippen LogP contribution in [0.1, 0.15) is 6.92 Å². The average molecular weight is 181 g/mol. The lowest BCUT2D eigenvalue weighted by Crippen LogP contribution is -2.15. The molecule has 4 N–H and O–H groups in total. The molecule has 0 saturated heterocycles. The second-order valence-electron chi connectivity index (χ2n) is 3.13. The maximum absolute atomic E-state index is 8.80. The molecule has 0 radical (unpaired) electrons. The van der Waals surface area contributed by atoms with E-state index in [0.717, 1.165) is 5.69 Å². The van der Waals surface area contributed by atoms with Gasteiger partial charge in [-0.15, -0.1) is 0 Å². The van der Waals surface area contributed by atoms with Gasteiger partial charge in [-0.05, 0) is 12.0 Å². The molecule has 0 aromatic carbocycles. The molecule has 4 nitrogen and oxygen atoms in total. The van der Waals surface area contributed by atoms with Gasteiger partial charge in [-0.25, -0.2) is 0 Å². The summed E-state index contributed by atoms with van der Waals surface area (Å²) in [5.74, 6) is 0.222. The first-order valence-corrected chi connectivity index (χ1v) is 4.28. The molecule has 0 amide bonds. The van der Waals surface area contributed by atoms with E-state index < -0.39 is 0 Å². The van der Waals surface area contributed by atoms with Crippen LogP contribution >= 0.6 is 0 Å². The van der Waals surface area contributed by atoms with Crippen LogP contribution in [0.15, 0.2) is 18.5 Å². The van der Waals surface area contributed by atoms with Gasteiger partial charge in [-0.3, -0.25) is 4.98 Å². The van der Waals surface area contributed by atoms with E-state index in [9.17, 15) is 0 Å². The first kappa shape index (κ1) is 9.80. The molecule has 0 saturated carbocycles. The molecule has 1 heterocycles. The quantitative estimate of drug-likeness (QED) is 0.639. The lowest BCUT2D eigenvalue weighted by Gasteiger charge is -2.11. The molecule has 1 aromatic heterocycles. The largest absolute Gasteiger partial charge is 0.397 e. The molecule has 4 heteroatoms. The van der Waals surface area contributed by atoms with E-state index in [1.807, 2.05) is 6.92 Å². The lowest BCUT2D eigenvalue weighted by atomic mass is 10.2. The fraction of sp³-hybridized carbons (Fsp3) is 0.444. The summed E-state index contributed by atoms with van der Waals surface area (Å²) in [7, 11) is 0. The van der Waals surface area contributed by atoms with Gasteiger partial charge < -0.3 is 16.2 Å². The Kier molecular flexibility index (Phi) is 3.52. The summed E-state index contributed by atoms with van der Waals surface area (Å²) in [5, 5.41) is 11.9. The van der Waals surface area contributed by atoms with Crippen LogP contribution in [0.25, 0.3) is 0 Å². The molecule has 1 unspecified atom stereocenters. The van der Waals surface area contributed by atoms with Crippen molar-refractivity contribution in [2.24, 2.45) is 5.92 Å². The summed E-state index contributed by atoms with van der Waals surface area (Å²) < 4.78 is 0. The van der Waals surface area contributed by atoms with Crippen LogP contribution in [0.2, 0.25) is 0 Å². The van der Waals surface area contributed by atoms with E-state index in [0.29, 0.717) is 12.2 Å². The van der Waals surface area contributed by atoms with Crippen LogP contribution in [0.4, 0.5) is 11.4 Å². The topological polar surface area (TPSA) is 71.2 Å². The van der Waals surface area contributed by atoms with Gasteiger partial charge in [0.1, 0.15) is 0 Å². The van der Waals surface area contributed by atoms with Crippen molar-refractivity contribution >= 4 is 11.4 Å². The van der Waals surface area contributed by atoms with Gasteiger partial charge in [0.25, 0.3) is 0 Å². The molecule has 1 aromatic rings. The van der Waals surface area contributed by atoms with Gasteiger partial charge in [0, 0.05) is 19.3 Å². The molecular formula is C9H15N3O. The smallest absolute Gasteiger partial charge is 0.0760 e. The molecular weight excluding hydrogens is 166 g/mol. The van der Waals surface area contributed by atoms with Crippen LogP contribution in [0.3, 0.4) is 0 Å². The van der Waals surface area contributed by atoms with Gasteiger partial charge in [-0.2, -0.15) is 0 Å². The monoisotopic (exact) mass is 181 g/mol. The molecule has 0 aliphatic heterocycles. The highest BCUT2D eigenvalue weighted by Gasteiger charge is 2.01.